The van der Waals surface area contributed by atoms with Crippen LogP contribution in [0.3, 0.4) is 0 Å². The van der Waals surface area contributed by atoms with Crippen molar-refractivity contribution in [2.45, 2.75) is 51.4 Å². The molecule has 4 rings (SSSR count). The van der Waals surface area contributed by atoms with Crippen LogP contribution in [0.5, 0.6) is 0 Å². The molecule has 4 bridgehead atoms. The van der Waals surface area contributed by atoms with Crippen LogP contribution in [0.4, 0.5) is 0 Å². The quantitative estimate of drug-likeness (QED) is 0.616. The van der Waals surface area contributed by atoms with Crippen molar-refractivity contribution in [2.24, 2.45) is 22.7 Å². The minimum atomic E-state index is 0.746. The van der Waals surface area contributed by atoms with Gasteiger partial charge in [-0.3, -0.25) is 0 Å². The van der Waals surface area contributed by atoms with Crippen molar-refractivity contribution >= 4 is 31.9 Å². The fraction of sp³-hybridized carbons (Fsp3) is 1.00. The Kier molecular flexibility index (Phi) is 3.20. The summed E-state index contributed by atoms with van der Waals surface area (Å²) in [7, 11) is 0. The summed E-state index contributed by atoms with van der Waals surface area (Å²) in [6, 6.07) is 0. The van der Waals surface area contributed by atoms with Crippen LogP contribution in [0, 0.1) is 22.7 Å². The average Bonchev–Trinajstić information content (AvgIpc) is 2.14. The molecule has 0 atom stereocenters. The van der Waals surface area contributed by atoms with Crippen LogP contribution < -0.4 is 0 Å². The summed E-state index contributed by atoms with van der Waals surface area (Å²) in [5.41, 5.74) is 1.49. The van der Waals surface area contributed by atoms with E-state index in [4.69, 9.17) is 0 Å². The molecule has 0 spiro atoms. The van der Waals surface area contributed by atoms with Gasteiger partial charge in [0.05, 0.1) is 0 Å². The molecule has 0 amide bonds. The van der Waals surface area contributed by atoms with E-state index in [2.05, 4.69) is 31.9 Å². The van der Waals surface area contributed by atoms with E-state index < -0.39 is 0 Å². The van der Waals surface area contributed by atoms with Crippen molar-refractivity contribution in [3.8, 4) is 0 Å². The second-order valence-electron chi connectivity index (χ2n) is 6.84. The van der Waals surface area contributed by atoms with E-state index in [9.17, 15) is 0 Å². The van der Waals surface area contributed by atoms with Crippen molar-refractivity contribution in [3.63, 3.8) is 0 Å². The first-order chi connectivity index (χ1) is 7.69. The highest BCUT2D eigenvalue weighted by atomic mass is 79.9. The molecule has 0 aromatic rings. The van der Waals surface area contributed by atoms with E-state index >= 15 is 0 Å². The average molecular weight is 350 g/mol. The molecule has 4 aliphatic carbocycles. The van der Waals surface area contributed by atoms with Gasteiger partial charge >= 0.3 is 0 Å². The van der Waals surface area contributed by atoms with Crippen molar-refractivity contribution in [1.29, 1.82) is 0 Å². The Bertz CT molecular complexity index is 236. The maximum atomic E-state index is 3.69. The third-order valence-corrected chi connectivity index (χ3v) is 6.35. The predicted octanol–water partition coefficient (Wildman–Crippen LogP) is 5.14. The fourth-order valence-electron chi connectivity index (χ4n) is 5.64. The number of halogens is 2. The smallest absolute Gasteiger partial charge is 0.00365 e. The molecular formula is C14H22Br2. The highest BCUT2D eigenvalue weighted by Crippen LogP contribution is 2.67. The highest BCUT2D eigenvalue weighted by Gasteiger charge is 2.56. The maximum Gasteiger partial charge on any atom is 0.00365 e. The molecule has 4 saturated carbocycles. The summed E-state index contributed by atoms with van der Waals surface area (Å²) in [5.74, 6) is 2.17. The van der Waals surface area contributed by atoms with Gasteiger partial charge in [0.15, 0.2) is 0 Å². The van der Waals surface area contributed by atoms with Gasteiger partial charge in [-0.05, 0) is 74.0 Å². The van der Waals surface area contributed by atoms with E-state index in [0.29, 0.717) is 0 Å². The Morgan fingerprint density at radius 2 is 1.25 bits per heavy atom. The van der Waals surface area contributed by atoms with Crippen molar-refractivity contribution in [1.82, 2.24) is 0 Å². The van der Waals surface area contributed by atoms with Crippen LogP contribution in [0.1, 0.15) is 51.4 Å². The molecule has 0 aromatic carbocycles. The minimum absolute atomic E-state index is 0.746. The van der Waals surface area contributed by atoms with Crippen LogP contribution >= 0.6 is 31.9 Å². The van der Waals surface area contributed by atoms with Gasteiger partial charge in [-0.15, -0.1) is 0 Å². The predicted molar refractivity (Wildman–Crippen MR) is 76.4 cm³/mol. The van der Waals surface area contributed by atoms with Gasteiger partial charge < -0.3 is 0 Å². The maximum absolute atomic E-state index is 3.69. The molecule has 0 nitrogen and oxygen atoms in total. The first-order valence-corrected chi connectivity index (χ1v) is 9.06. The second kappa shape index (κ2) is 4.26. The zero-order chi connectivity index (χ0) is 11.2. The lowest BCUT2D eigenvalue weighted by molar-refractivity contribution is -0.112. The van der Waals surface area contributed by atoms with Crippen molar-refractivity contribution in [2.75, 3.05) is 10.7 Å². The molecule has 92 valence electrons. The van der Waals surface area contributed by atoms with E-state index in [-0.39, 0.29) is 0 Å². The summed E-state index contributed by atoms with van der Waals surface area (Å²) < 4.78 is 0. The molecule has 0 aromatic heterocycles. The van der Waals surface area contributed by atoms with Gasteiger partial charge in [-0.25, -0.2) is 0 Å². The largest absolute Gasteiger partial charge is 0.0928 e. The van der Waals surface area contributed by atoms with Crippen LogP contribution in [0.2, 0.25) is 0 Å². The normalized spacial score (nSPS) is 49.9. The Balaban J connectivity index is 1.85. The molecule has 0 unspecified atom stereocenters. The third kappa shape index (κ3) is 1.92. The second-order valence-corrected chi connectivity index (χ2v) is 8.42. The highest BCUT2D eigenvalue weighted by molar-refractivity contribution is 9.09. The SMILES string of the molecule is BrCCC12CC3CC(C1)CC(CCBr)(C3)C2. The summed E-state index contributed by atoms with van der Waals surface area (Å²) in [6.07, 6.45) is 12.2. The van der Waals surface area contributed by atoms with Gasteiger partial charge in [0.2, 0.25) is 0 Å². The third-order valence-electron chi connectivity index (χ3n) is 5.55. The zero-order valence-electron chi connectivity index (χ0n) is 9.98. The molecule has 4 aliphatic rings. The molecule has 0 aliphatic heterocycles. The Hall–Kier alpha value is 0.960. The summed E-state index contributed by atoms with van der Waals surface area (Å²) in [6.45, 7) is 0. The molecule has 0 saturated heterocycles. The van der Waals surface area contributed by atoms with Crippen LogP contribution in [0.25, 0.3) is 0 Å². The van der Waals surface area contributed by atoms with E-state index in [1.54, 1.807) is 38.5 Å². The van der Waals surface area contributed by atoms with Crippen LogP contribution in [-0.2, 0) is 0 Å². The molecule has 16 heavy (non-hydrogen) atoms. The monoisotopic (exact) mass is 348 g/mol. The molecule has 0 radical (unpaired) electrons. The topological polar surface area (TPSA) is 0 Å². The van der Waals surface area contributed by atoms with Crippen molar-refractivity contribution < 1.29 is 0 Å². The van der Waals surface area contributed by atoms with E-state index in [1.165, 1.54) is 23.5 Å². The van der Waals surface area contributed by atoms with Crippen LogP contribution in [0.15, 0.2) is 0 Å². The van der Waals surface area contributed by atoms with Gasteiger partial charge in [0, 0.05) is 10.7 Å². The van der Waals surface area contributed by atoms with Crippen molar-refractivity contribution in [3.05, 3.63) is 0 Å². The van der Waals surface area contributed by atoms with Gasteiger partial charge in [0.1, 0.15) is 0 Å². The number of hydrogen-bond donors (Lipinski definition) is 0. The molecule has 0 N–H and O–H groups in total. The zero-order valence-corrected chi connectivity index (χ0v) is 13.2. The summed E-state index contributed by atoms with van der Waals surface area (Å²) in [5, 5.41) is 2.44. The van der Waals surface area contributed by atoms with E-state index in [1.807, 2.05) is 0 Å². The fourth-order valence-corrected chi connectivity index (χ4v) is 7.32. The molecular weight excluding hydrogens is 328 g/mol. The van der Waals surface area contributed by atoms with Crippen LogP contribution in [-0.4, -0.2) is 10.7 Å². The number of rotatable bonds is 4. The molecule has 2 heteroatoms. The molecule has 0 heterocycles. The minimum Gasteiger partial charge on any atom is -0.0928 e. The lowest BCUT2D eigenvalue weighted by atomic mass is 9.43. The molecule has 4 fully saturated rings. The summed E-state index contributed by atoms with van der Waals surface area (Å²) >= 11 is 7.37. The van der Waals surface area contributed by atoms with E-state index in [0.717, 1.165) is 22.7 Å². The van der Waals surface area contributed by atoms with Gasteiger partial charge in [0.25, 0.3) is 0 Å². The lowest BCUT2D eigenvalue weighted by Gasteiger charge is -2.62. The van der Waals surface area contributed by atoms with Gasteiger partial charge in [-0.2, -0.15) is 0 Å². The first-order valence-electron chi connectivity index (χ1n) is 6.81. The lowest BCUT2D eigenvalue weighted by Crippen LogP contribution is -2.52. The Labute approximate surface area is 116 Å². The first kappa shape index (κ1) is 12.0. The Morgan fingerprint density at radius 3 is 1.62 bits per heavy atom. The standard InChI is InChI=1S/C14H22Br2/c15-3-1-13-6-11-5-12(7-13)9-14(8-11,10-13)2-4-16/h11-12H,1-10H2. The number of hydrogen-bond acceptors (Lipinski definition) is 0. The van der Waals surface area contributed by atoms with Gasteiger partial charge in [-0.1, -0.05) is 31.9 Å². The Morgan fingerprint density at radius 1 is 0.812 bits per heavy atom. The number of alkyl halides is 2. The summed E-state index contributed by atoms with van der Waals surface area (Å²) in [4.78, 5) is 0.